The van der Waals surface area contributed by atoms with Gasteiger partial charge in [0.15, 0.2) is 5.78 Å². The third kappa shape index (κ3) is 2.08. The lowest BCUT2D eigenvalue weighted by Crippen LogP contribution is -2.34. The molecule has 5 atom stereocenters. The fourth-order valence-corrected chi connectivity index (χ4v) is 6.90. The highest BCUT2D eigenvalue weighted by atomic mass is 16.5. The van der Waals surface area contributed by atoms with Crippen molar-refractivity contribution in [2.75, 3.05) is 6.61 Å². The van der Waals surface area contributed by atoms with E-state index in [1.165, 1.54) is 6.08 Å². The Kier molecular flexibility index (Phi) is 3.73. The molecule has 0 heterocycles. The van der Waals surface area contributed by atoms with Crippen LogP contribution < -0.4 is 0 Å². The van der Waals surface area contributed by atoms with Crippen molar-refractivity contribution in [3.63, 3.8) is 0 Å². The average Bonchev–Trinajstić information content (AvgIpc) is 3.06. The second-order valence-electron chi connectivity index (χ2n) is 10.9. The van der Waals surface area contributed by atoms with E-state index in [2.05, 4.69) is 34.6 Å². The molecule has 4 nitrogen and oxygen atoms in total. The maximum absolute atomic E-state index is 12.9. The van der Waals surface area contributed by atoms with E-state index in [0.717, 1.165) is 25.7 Å². The summed E-state index contributed by atoms with van der Waals surface area (Å²) in [6.45, 7) is 12.8. The van der Waals surface area contributed by atoms with E-state index in [4.69, 9.17) is 4.74 Å². The van der Waals surface area contributed by atoms with E-state index in [1.54, 1.807) is 0 Å². The number of rotatable bonds is 3. The summed E-state index contributed by atoms with van der Waals surface area (Å²) in [5, 5.41) is 0. The molecule has 4 heteroatoms. The van der Waals surface area contributed by atoms with Crippen LogP contribution in [0.2, 0.25) is 0 Å². The lowest BCUT2D eigenvalue weighted by molar-refractivity contribution is -0.143. The highest BCUT2D eigenvalue weighted by Crippen LogP contribution is 2.66. The maximum Gasteiger partial charge on any atom is 0.331 e. The van der Waals surface area contributed by atoms with Crippen LogP contribution in [0, 0.1) is 39.4 Å². The largest absolute Gasteiger partial charge is 0.462 e. The minimum absolute atomic E-state index is 0.0428. The van der Waals surface area contributed by atoms with Gasteiger partial charge >= 0.3 is 5.97 Å². The van der Waals surface area contributed by atoms with Crippen LogP contribution in [0.4, 0.5) is 0 Å². The van der Waals surface area contributed by atoms with Gasteiger partial charge in [0.05, 0.1) is 5.92 Å². The molecule has 0 N–H and O–H groups in total. The van der Waals surface area contributed by atoms with E-state index in [-0.39, 0.29) is 57.6 Å². The molecule has 4 fully saturated rings. The Bertz CT molecular complexity index is 773. The molecule has 0 radical (unpaired) electrons. The molecule has 4 aliphatic rings. The number of allylic oxidation sites excluding steroid dienone is 1. The Balaban J connectivity index is 1.47. The standard InChI is InChI=1S/C23H32O4/c1-20(2)15-7-9-22(20,5)18(25)13(15)11-17(24)27-12-14-16-8-10-23(6,19(14)26)21(16,3)4/h11,14-16H,7-10,12H2,1-6H3/b13-11-/t14-,15+,16-,22+,23-/m1/s1. The molecule has 0 saturated heterocycles. The number of ketones is 2. The van der Waals surface area contributed by atoms with Gasteiger partial charge in [-0.2, -0.15) is 0 Å². The molecule has 0 aromatic carbocycles. The first-order valence-corrected chi connectivity index (χ1v) is 10.4. The second kappa shape index (κ2) is 5.33. The van der Waals surface area contributed by atoms with Crippen LogP contribution >= 0.6 is 0 Å². The fourth-order valence-electron chi connectivity index (χ4n) is 6.90. The van der Waals surface area contributed by atoms with Gasteiger partial charge in [-0.25, -0.2) is 4.79 Å². The Hall–Kier alpha value is -1.45. The van der Waals surface area contributed by atoms with Crippen LogP contribution in [0.25, 0.3) is 0 Å². The van der Waals surface area contributed by atoms with Crippen molar-refractivity contribution in [2.45, 2.75) is 67.2 Å². The van der Waals surface area contributed by atoms with Crippen molar-refractivity contribution in [3.05, 3.63) is 11.6 Å². The summed E-state index contributed by atoms with van der Waals surface area (Å²) in [6.07, 6.45) is 5.21. The molecule has 4 rings (SSSR count). The lowest BCUT2D eigenvalue weighted by atomic mass is 9.70. The molecule has 0 unspecified atom stereocenters. The molecule has 0 spiro atoms. The van der Waals surface area contributed by atoms with Crippen LogP contribution in [-0.4, -0.2) is 24.1 Å². The molecule has 0 aliphatic heterocycles. The minimum atomic E-state index is -0.469. The van der Waals surface area contributed by atoms with Crippen LogP contribution in [-0.2, 0) is 19.1 Å². The first-order valence-electron chi connectivity index (χ1n) is 10.4. The average molecular weight is 373 g/mol. The zero-order valence-electron chi connectivity index (χ0n) is 17.5. The van der Waals surface area contributed by atoms with Gasteiger partial charge < -0.3 is 4.74 Å². The molecule has 148 valence electrons. The van der Waals surface area contributed by atoms with Gasteiger partial charge in [0.1, 0.15) is 12.4 Å². The van der Waals surface area contributed by atoms with Gasteiger partial charge in [0.25, 0.3) is 0 Å². The quantitative estimate of drug-likeness (QED) is 0.552. The molecular weight excluding hydrogens is 340 g/mol. The fraction of sp³-hybridized carbons (Fsp3) is 0.783. The molecule has 0 aromatic heterocycles. The first kappa shape index (κ1) is 18.9. The maximum atomic E-state index is 12.9. The van der Waals surface area contributed by atoms with Gasteiger partial charge in [-0.15, -0.1) is 0 Å². The molecule has 4 saturated carbocycles. The summed E-state index contributed by atoms with van der Waals surface area (Å²) in [4.78, 5) is 38.2. The Labute approximate surface area is 162 Å². The Morgan fingerprint density at radius 3 is 2.15 bits per heavy atom. The summed E-state index contributed by atoms with van der Waals surface area (Å²) in [5.41, 5.74) is -0.200. The number of hydrogen-bond acceptors (Lipinski definition) is 4. The summed E-state index contributed by atoms with van der Waals surface area (Å²) in [6, 6.07) is 0. The number of ether oxygens (including phenoxy) is 1. The van der Waals surface area contributed by atoms with E-state index >= 15 is 0 Å². The molecular formula is C23H32O4. The Morgan fingerprint density at radius 1 is 1.00 bits per heavy atom. The van der Waals surface area contributed by atoms with Gasteiger partial charge in [-0.1, -0.05) is 41.5 Å². The van der Waals surface area contributed by atoms with Crippen LogP contribution in [0.15, 0.2) is 11.6 Å². The van der Waals surface area contributed by atoms with Crippen molar-refractivity contribution in [2.24, 2.45) is 39.4 Å². The van der Waals surface area contributed by atoms with Crippen molar-refractivity contribution < 1.29 is 19.1 Å². The van der Waals surface area contributed by atoms with Crippen molar-refractivity contribution in [1.29, 1.82) is 0 Å². The van der Waals surface area contributed by atoms with Gasteiger partial charge in [0.2, 0.25) is 0 Å². The van der Waals surface area contributed by atoms with Gasteiger partial charge in [0, 0.05) is 22.5 Å². The highest BCUT2D eigenvalue weighted by molar-refractivity contribution is 6.08. The monoisotopic (exact) mass is 372 g/mol. The summed E-state index contributed by atoms with van der Waals surface area (Å²) in [5.74, 6) is 0.0794. The van der Waals surface area contributed by atoms with Crippen molar-refractivity contribution in [1.82, 2.24) is 0 Å². The zero-order valence-corrected chi connectivity index (χ0v) is 17.5. The number of hydrogen-bond donors (Lipinski definition) is 0. The van der Waals surface area contributed by atoms with E-state index < -0.39 is 5.97 Å². The number of Topliss-reactive ketones (excluding diaryl/α,β-unsaturated/α-hetero) is 2. The molecule has 0 aromatic rings. The van der Waals surface area contributed by atoms with Crippen LogP contribution in [0.1, 0.15) is 67.2 Å². The molecule has 27 heavy (non-hydrogen) atoms. The molecule has 4 aliphatic carbocycles. The number of esters is 1. The van der Waals surface area contributed by atoms with E-state index in [0.29, 0.717) is 5.57 Å². The van der Waals surface area contributed by atoms with Crippen molar-refractivity contribution >= 4 is 17.5 Å². The smallest absolute Gasteiger partial charge is 0.331 e. The number of fused-ring (bicyclic) bond motifs is 4. The summed E-state index contributed by atoms with van der Waals surface area (Å²) < 4.78 is 5.52. The second-order valence-corrected chi connectivity index (χ2v) is 10.9. The highest BCUT2D eigenvalue weighted by Gasteiger charge is 2.66. The third-order valence-electron chi connectivity index (χ3n) is 9.71. The van der Waals surface area contributed by atoms with Gasteiger partial charge in [-0.3, -0.25) is 9.59 Å². The summed E-state index contributed by atoms with van der Waals surface area (Å²) in [7, 11) is 0. The molecule has 0 amide bonds. The predicted molar refractivity (Wildman–Crippen MR) is 102 cm³/mol. The normalized spacial score (nSPS) is 45.1. The third-order valence-corrected chi connectivity index (χ3v) is 9.71. The van der Waals surface area contributed by atoms with Crippen LogP contribution in [0.3, 0.4) is 0 Å². The van der Waals surface area contributed by atoms with E-state index in [1.807, 2.05) is 6.92 Å². The first-order chi connectivity index (χ1) is 12.4. The number of carbonyl (C=O) groups excluding carboxylic acids is 3. The predicted octanol–water partition coefficient (Wildman–Crippen LogP) is 4.12. The SMILES string of the molecule is CC1(C)[C@H]2CC[C@@]1(C)C(=O)/C2=C\C(=O)OC[C@H]1C(=O)[C@@]2(C)CC[C@H]1C2(C)C. The van der Waals surface area contributed by atoms with Crippen LogP contribution in [0.5, 0.6) is 0 Å². The van der Waals surface area contributed by atoms with E-state index in [9.17, 15) is 14.4 Å². The van der Waals surface area contributed by atoms with Crippen molar-refractivity contribution in [3.8, 4) is 0 Å². The van der Waals surface area contributed by atoms with Gasteiger partial charge in [-0.05, 0) is 48.3 Å². The Morgan fingerprint density at radius 2 is 1.63 bits per heavy atom. The molecule has 4 bridgehead atoms. The topological polar surface area (TPSA) is 60.4 Å². The minimum Gasteiger partial charge on any atom is -0.462 e. The lowest BCUT2D eigenvalue weighted by Gasteiger charge is -2.32. The number of carbonyl (C=O) groups is 3. The zero-order chi connectivity index (χ0) is 20.0. The summed E-state index contributed by atoms with van der Waals surface area (Å²) >= 11 is 0.